The first-order valence-corrected chi connectivity index (χ1v) is 10.8. The number of hydrogen-bond donors (Lipinski definition) is 2. The SMILES string of the molecule is Cc1ccccc1NC(=O)C(C)Sc1ccc(NC(=O)C2CCCCC2)cc1. The van der Waals surface area contributed by atoms with Gasteiger partial charge in [-0.1, -0.05) is 37.5 Å². The predicted molar refractivity (Wildman–Crippen MR) is 117 cm³/mol. The summed E-state index contributed by atoms with van der Waals surface area (Å²) >= 11 is 1.51. The third-order valence-corrected chi connectivity index (χ3v) is 6.29. The highest BCUT2D eigenvalue weighted by Gasteiger charge is 2.21. The van der Waals surface area contributed by atoms with Gasteiger partial charge in [-0.2, -0.15) is 0 Å². The predicted octanol–water partition coefficient (Wildman–Crippen LogP) is 5.63. The van der Waals surface area contributed by atoms with E-state index >= 15 is 0 Å². The lowest BCUT2D eigenvalue weighted by molar-refractivity contribution is -0.120. The minimum absolute atomic E-state index is 0.0195. The fourth-order valence-electron chi connectivity index (χ4n) is 3.43. The minimum Gasteiger partial charge on any atom is -0.326 e. The number of rotatable bonds is 6. The summed E-state index contributed by atoms with van der Waals surface area (Å²) in [6.45, 7) is 3.88. The molecular weight excluding hydrogens is 368 g/mol. The van der Waals surface area contributed by atoms with Crippen LogP contribution in [0.1, 0.15) is 44.6 Å². The lowest BCUT2D eigenvalue weighted by Gasteiger charge is -2.20. The van der Waals surface area contributed by atoms with Crippen molar-refractivity contribution in [3.8, 4) is 0 Å². The smallest absolute Gasteiger partial charge is 0.237 e. The molecule has 1 atom stereocenters. The Morgan fingerprint density at radius 3 is 2.32 bits per heavy atom. The van der Waals surface area contributed by atoms with E-state index in [1.54, 1.807) is 0 Å². The van der Waals surface area contributed by atoms with Crippen LogP contribution in [0.5, 0.6) is 0 Å². The van der Waals surface area contributed by atoms with Crippen LogP contribution < -0.4 is 10.6 Å². The Bertz CT molecular complexity index is 814. The first-order chi connectivity index (χ1) is 13.5. The van der Waals surface area contributed by atoms with E-state index in [-0.39, 0.29) is 23.0 Å². The first kappa shape index (κ1) is 20.5. The van der Waals surface area contributed by atoms with Gasteiger partial charge < -0.3 is 10.6 Å². The fraction of sp³-hybridized carbons (Fsp3) is 0.391. The van der Waals surface area contributed by atoms with Crippen molar-refractivity contribution in [2.75, 3.05) is 10.6 Å². The van der Waals surface area contributed by atoms with Gasteiger partial charge in [0.25, 0.3) is 0 Å². The van der Waals surface area contributed by atoms with E-state index in [1.807, 2.05) is 62.4 Å². The Kier molecular flexibility index (Phi) is 7.15. The molecule has 2 aromatic rings. The molecule has 0 heterocycles. The molecule has 0 bridgehead atoms. The van der Waals surface area contributed by atoms with Gasteiger partial charge in [0.2, 0.25) is 11.8 Å². The van der Waals surface area contributed by atoms with E-state index in [1.165, 1.54) is 18.2 Å². The van der Waals surface area contributed by atoms with Gasteiger partial charge in [-0.15, -0.1) is 11.8 Å². The Morgan fingerprint density at radius 1 is 0.964 bits per heavy atom. The van der Waals surface area contributed by atoms with E-state index in [4.69, 9.17) is 0 Å². The number of carbonyl (C=O) groups is 2. The van der Waals surface area contributed by atoms with Crippen LogP contribution >= 0.6 is 11.8 Å². The number of hydrogen-bond acceptors (Lipinski definition) is 3. The van der Waals surface area contributed by atoms with Gasteiger partial charge in [0.05, 0.1) is 5.25 Å². The Labute approximate surface area is 171 Å². The standard InChI is InChI=1S/C23H28N2O2S/c1-16-8-6-7-11-21(16)25-22(26)17(2)28-20-14-12-19(13-15-20)24-23(27)18-9-4-3-5-10-18/h6-8,11-15,17-18H,3-5,9-10H2,1-2H3,(H,24,27)(H,25,26). The van der Waals surface area contributed by atoms with Gasteiger partial charge >= 0.3 is 0 Å². The summed E-state index contributed by atoms with van der Waals surface area (Å²) in [5.41, 5.74) is 2.71. The molecule has 1 unspecified atom stereocenters. The van der Waals surface area contributed by atoms with Crippen LogP contribution in [0.15, 0.2) is 53.4 Å². The number of para-hydroxylation sites is 1. The molecule has 4 nitrogen and oxygen atoms in total. The van der Waals surface area contributed by atoms with Crippen molar-refractivity contribution >= 4 is 35.0 Å². The molecule has 0 spiro atoms. The van der Waals surface area contributed by atoms with Crippen molar-refractivity contribution in [1.29, 1.82) is 0 Å². The highest BCUT2D eigenvalue weighted by Crippen LogP contribution is 2.28. The number of nitrogens with one attached hydrogen (secondary N) is 2. The van der Waals surface area contributed by atoms with Gasteiger partial charge in [0.15, 0.2) is 0 Å². The van der Waals surface area contributed by atoms with Crippen LogP contribution in [0.2, 0.25) is 0 Å². The average molecular weight is 397 g/mol. The number of anilines is 2. The molecule has 0 saturated heterocycles. The summed E-state index contributed by atoms with van der Waals surface area (Å²) in [5.74, 6) is 0.257. The molecule has 28 heavy (non-hydrogen) atoms. The summed E-state index contributed by atoms with van der Waals surface area (Å²) in [6.07, 6.45) is 5.53. The molecule has 1 aliphatic carbocycles. The molecule has 1 fully saturated rings. The summed E-state index contributed by atoms with van der Waals surface area (Å²) in [5, 5.41) is 5.79. The number of carbonyl (C=O) groups excluding carboxylic acids is 2. The number of benzene rings is 2. The minimum atomic E-state index is -0.220. The van der Waals surface area contributed by atoms with Crippen molar-refractivity contribution in [3.05, 3.63) is 54.1 Å². The molecule has 1 aliphatic rings. The van der Waals surface area contributed by atoms with E-state index in [0.29, 0.717) is 0 Å². The van der Waals surface area contributed by atoms with Crippen LogP contribution in [-0.2, 0) is 9.59 Å². The van der Waals surface area contributed by atoms with Crippen molar-refractivity contribution in [1.82, 2.24) is 0 Å². The van der Waals surface area contributed by atoms with Gasteiger partial charge in [-0.3, -0.25) is 9.59 Å². The maximum atomic E-state index is 12.5. The summed E-state index contributed by atoms with van der Waals surface area (Å²) in [4.78, 5) is 25.8. The summed E-state index contributed by atoms with van der Waals surface area (Å²) in [6, 6.07) is 15.5. The van der Waals surface area contributed by atoms with Crippen molar-refractivity contribution < 1.29 is 9.59 Å². The topological polar surface area (TPSA) is 58.2 Å². The second kappa shape index (κ2) is 9.78. The molecule has 5 heteroatoms. The third kappa shape index (κ3) is 5.61. The lowest BCUT2D eigenvalue weighted by atomic mass is 9.88. The van der Waals surface area contributed by atoms with Gasteiger partial charge in [0.1, 0.15) is 0 Å². The van der Waals surface area contributed by atoms with Gasteiger partial charge in [-0.05, 0) is 62.6 Å². The molecule has 0 radical (unpaired) electrons. The zero-order valence-corrected chi connectivity index (χ0v) is 17.4. The number of amides is 2. The summed E-state index contributed by atoms with van der Waals surface area (Å²) < 4.78 is 0. The molecule has 2 amide bonds. The second-order valence-corrected chi connectivity index (χ2v) is 8.83. The molecule has 0 aliphatic heterocycles. The Morgan fingerprint density at radius 2 is 1.64 bits per heavy atom. The van der Waals surface area contributed by atoms with E-state index in [2.05, 4.69) is 10.6 Å². The highest BCUT2D eigenvalue weighted by atomic mass is 32.2. The largest absolute Gasteiger partial charge is 0.326 e. The average Bonchev–Trinajstić information content (AvgIpc) is 2.71. The third-order valence-electron chi connectivity index (χ3n) is 5.18. The second-order valence-electron chi connectivity index (χ2n) is 7.41. The number of thioether (sulfide) groups is 1. The zero-order chi connectivity index (χ0) is 19.9. The van der Waals surface area contributed by atoms with Crippen LogP contribution in [0, 0.1) is 12.8 Å². The van der Waals surface area contributed by atoms with Gasteiger partial charge in [-0.25, -0.2) is 0 Å². The van der Waals surface area contributed by atoms with E-state index in [0.717, 1.165) is 47.5 Å². The quantitative estimate of drug-likeness (QED) is 0.622. The van der Waals surface area contributed by atoms with Gasteiger partial charge in [0, 0.05) is 22.2 Å². The molecule has 148 valence electrons. The van der Waals surface area contributed by atoms with Crippen molar-refractivity contribution in [3.63, 3.8) is 0 Å². The first-order valence-electron chi connectivity index (χ1n) is 9.97. The molecule has 2 aromatic carbocycles. The van der Waals surface area contributed by atoms with E-state index in [9.17, 15) is 9.59 Å². The normalized spacial score (nSPS) is 15.6. The van der Waals surface area contributed by atoms with Crippen molar-refractivity contribution in [2.45, 2.75) is 56.1 Å². The van der Waals surface area contributed by atoms with Crippen LogP contribution in [-0.4, -0.2) is 17.1 Å². The molecule has 3 rings (SSSR count). The molecule has 1 saturated carbocycles. The van der Waals surface area contributed by atoms with Crippen molar-refractivity contribution in [2.24, 2.45) is 5.92 Å². The Balaban J connectivity index is 1.52. The zero-order valence-electron chi connectivity index (χ0n) is 16.5. The maximum Gasteiger partial charge on any atom is 0.237 e. The van der Waals surface area contributed by atoms with Crippen LogP contribution in [0.3, 0.4) is 0 Å². The fourth-order valence-corrected chi connectivity index (χ4v) is 4.30. The molecular formula is C23H28N2O2S. The number of aryl methyl sites for hydroxylation is 1. The summed E-state index contributed by atoms with van der Waals surface area (Å²) in [7, 11) is 0. The lowest BCUT2D eigenvalue weighted by Crippen LogP contribution is -2.24. The maximum absolute atomic E-state index is 12.5. The van der Waals surface area contributed by atoms with E-state index < -0.39 is 0 Å². The monoisotopic (exact) mass is 396 g/mol. The molecule has 2 N–H and O–H groups in total. The van der Waals surface area contributed by atoms with Crippen LogP contribution in [0.4, 0.5) is 11.4 Å². The highest BCUT2D eigenvalue weighted by molar-refractivity contribution is 8.00. The molecule has 0 aromatic heterocycles. The van der Waals surface area contributed by atoms with Crippen LogP contribution in [0.25, 0.3) is 0 Å². The Hall–Kier alpha value is -2.27.